The second-order valence-electron chi connectivity index (χ2n) is 24.9. The zero-order valence-corrected chi connectivity index (χ0v) is 54.8. The van der Waals surface area contributed by atoms with Gasteiger partial charge in [0, 0.05) is 34.1 Å². The van der Waals surface area contributed by atoms with Gasteiger partial charge in [-0.3, -0.25) is 0 Å². The largest absolute Gasteiger partial charge is 0.310 e. The molecule has 0 amide bonds. The summed E-state index contributed by atoms with van der Waals surface area (Å²) < 4.78 is 0. The lowest BCUT2D eigenvalue weighted by Crippen LogP contribution is -2.27. The fourth-order valence-corrected chi connectivity index (χ4v) is 11.9. The Hall–Kier alpha value is -9.76. The van der Waals surface area contributed by atoms with E-state index >= 15 is 0 Å². The summed E-state index contributed by atoms with van der Waals surface area (Å²) in [4.78, 5) is 4.84. The quantitative estimate of drug-likeness (QED) is 0.164. The fourth-order valence-electron chi connectivity index (χ4n) is 11.9. The number of benzene rings is 12. The molecule has 14 rings (SSSR count). The fraction of sp³-hybridized carbons (Fsp3) is 0.172. The SMILES string of the molecule is Cc1ccc(C)cc1.Cc1ccc(C)cc1.Cc1ccc(C)cc1.Cc1ccc(C)cc1.Cc1ccc(N(c2ccc(C)cc2)c2ccc3c(c2)C2(c4cc(C)ccc4-3)c3cc(C)ccc3-c3ccc(N(c4ccc(C)cc4)c4ccc(C)cc4)cc32)cc1. The normalized spacial score (nSPS) is 11.6. The van der Waals surface area contributed by atoms with Gasteiger partial charge in [-0.25, -0.2) is 0 Å². The van der Waals surface area contributed by atoms with Gasteiger partial charge in [0.05, 0.1) is 5.41 Å². The second-order valence-corrected chi connectivity index (χ2v) is 24.9. The maximum Gasteiger partial charge on any atom is 0.0727 e. The van der Waals surface area contributed by atoms with Gasteiger partial charge in [0.1, 0.15) is 0 Å². The zero-order valence-electron chi connectivity index (χ0n) is 54.8. The summed E-state index contributed by atoms with van der Waals surface area (Å²) in [5, 5.41) is 0. The molecule has 2 aliphatic rings. The summed E-state index contributed by atoms with van der Waals surface area (Å²) in [6.07, 6.45) is 0. The van der Waals surface area contributed by atoms with E-state index in [9.17, 15) is 0 Å². The Labute approximate surface area is 532 Å². The molecule has 12 aromatic carbocycles. The van der Waals surface area contributed by atoms with E-state index in [1.807, 2.05) is 0 Å². The van der Waals surface area contributed by atoms with E-state index in [-0.39, 0.29) is 0 Å². The smallest absolute Gasteiger partial charge is 0.0727 e. The minimum Gasteiger partial charge on any atom is -0.310 e. The van der Waals surface area contributed by atoms with Crippen LogP contribution in [0.3, 0.4) is 0 Å². The van der Waals surface area contributed by atoms with E-state index in [1.165, 1.54) is 122 Å². The monoisotopic (exact) mass is 1160 g/mol. The summed E-state index contributed by atoms with van der Waals surface area (Å²) in [6.45, 7) is 29.9. The van der Waals surface area contributed by atoms with Crippen molar-refractivity contribution < 1.29 is 0 Å². The molecule has 0 aromatic heterocycles. The maximum absolute atomic E-state index is 2.50. The van der Waals surface area contributed by atoms with Crippen LogP contribution >= 0.6 is 0 Å². The molecule has 2 nitrogen and oxygen atoms in total. The number of nitrogens with zero attached hydrogens (tertiary/aromatic N) is 2. The van der Waals surface area contributed by atoms with Crippen molar-refractivity contribution in [2.45, 2.75) is 102 Å². The summed E-state index contributed by atoms with van der Waals surface area (Å²) in [6, 6.07) is 98.2. The van der Waals surface area contributed by atoms with Crippen LogP contribution in [0, 0.1) is 96.9 Å². The first-order chi connectivity index (χ1) is 42.8. The second kappa shape index (κ2) is 27.5. The topological polar surface area (TPSA) is 6.48 Å². The predicted octanol–water partition coefficient (Wildman–Crippen LogP) is 24.0. The van der Waals surface area contributed by atoms with Crippen molar-refractivity contribution in [1.29, 1.82) is 0 Å². The van der Waals surface area contributed by atoms with Gasteiger partial charge in [0.15, 0.2) is 0 Å². The highest BCUT2D eigenvalue weighted by molar-refractivity contribution is 5.98. The van der Waals surface area contributed by atoms with Crippen LogP contribution in [0.2, 0.25) is 0 Å². The molecule has 89 heavy (non-hydrogen) atoms. The van der Waals surface area contributed by atoms with E-state index in [1.54, 1.807) is 0 Å². The van der Waals surface area contributed by atoms with Crippen molar-refractivity contribution in [2.75, 3.05) is 9.80 Å². The van der Waals surface area contributed by atoms with Crippen molar-refractivity contribution in [3.05, 3.63) is 367 Å². The molecule has 0 saturated heterocycles. The van der Waals surface area contributed by atoms with Gasteiger partial charge < -0.3 is 9.80 Å². The van der Waals surface area contributed by atoms with Crippen LogP contribution in [0.15, 0.2) is 267 Å². The van der Waals surface area contributed by atoms with Gasteiger partial charge in [-0.15, -0.1) is 0 Å². The first-order valence-electron chi connectivity index (χ1n) is 31.4. The molecule has 12 aromatic rings. The molecule has 0 atom stereocenters. The van der Waals surface area contributed by atoms with Gasteiger partial charge in [0.2, 0.25) is 0 Å². The molecule has 0 radical (unpaired) electrons. The summed E-state index contributed by atoms with van der Waals surface area (Å²) in [5.74, 6) is 0. The van der Waals surface area contributed by atoms with Crippen molar-refractivity contribution in [2.24, 2.45) is 0 Å². The van der Waals surface area contributed by atoms with Crippen molar-refractivity contribution >= 4 is 34.1 Å². The van der Waals surface area contributed by atoms with Crippen LogP contribution in [-0.2, 0) is 5.41 Å². The molecule has 0 aliphatic heterocycles. The molecular weight excluding hydrogens is 1070 g/mol. The zero-order chi connectivity index (χ0) is 62.9. The lowest BCUT2D eigenvalue weighted by Gasteiger charge is -2.33. The Morgan fingerprint density at radius 2 is 0.303 bits per heavy atom. The lowest BCUT2D eigenvalue weighted by molar-refractivity contribution is 0.791. The van der Waals surface area contributed by atoms with Crippen molar-refractivity contribution in [3.8, 4) is 22.3 Å². The molecule has 0 heterocycles. The van der Waals surface area contributed by atoms with E-state index in [2.05, 4.69) is 374 Å². The van der Waals surface area contributed by atoms with Crippen molar-refractivity contribution in [3.63, 3.8) is 0 Å². The first-order valence-corrected chi connectivity index (χ1v) is 31.4. The summed E-state index contributed by atoms with van der Waals surface area (Å²) in [5.41, 5.74) is 35.0. The molecule has 0 N–H and O–H groups in total. The molecule has 2 aliphatic carbocycles. The number of aryl methyl sites for hydroxylation is 14. The third-order valence-electron chi connectivity index (χ3n) is 17.1. The number of rotatable bonds is 6. The average Bonchev–Trinajstić information content (AvgIpc) is 1.52. The number of fused-ring (bicyclic) bond motifs is 10. The minimum atomic E-state index is -0.530. The molecule has 0 bridgehead atoms. The van der Waals surface area contributed by atoms with Gasteiger partial charge in [0.25, 0.3) is 0 Å². The van der Waals surface area contributed by atoms with E-state index in [0.29, 0.717) is 0 Å². The minimum absolute atomic E-state index is 0.530. The highest BCUT2D eigenvalue weighted by Gasteiger charge is 2.52. The number of anilines is 6. The van der Waals surface area contributed by atoms with Gasteiger partial charge in [-0.1, -0.05) is 272 Å². The Morgan fingerprint density at radius 1 is 0.157 bits per heavy atom. The Bertz CT molecular complexity index is 3770. The maximum atomic E-state index is 2.50. The lowest BCUT2D eigenvalue weighted by atomic mass is 9.70. The van der Waals surface area contributed by atoms with Crippen LogP contribution in [0.4, 0.5) is 34.1 Å². The van der Waals surface area contributed by atoms with Gasteiger partial charge in [-0.05, 0) is 214 Å². The van der Waals surface area contributed by atoms with Crippen LogP contribution in [0.1, 0.15) is 100 Å². The highest BCUT2D eigenvalue weighted by atomic mass is 15.1. The van der Waals surface area contributed by atoms with Crippen LogP contribution in [0.5, 0.6) is 0 Å². The average molecular weight is 1160 g/mol. The first kappa shape index (κ1) is 62.3. The number of hydrogen-bond acceptors (Lipinski definition) is 2. The third kappa shape index (κ3) is 14.3. The van der Waals surface area contributed by atoms with Crippen molar-refractivity contribution in [1.82, 2.24) is 0 Å². The summed E-state index contributed by atoms with van der Waals surface area (Å²) >= 11 is 0. The molecule has 0 saturated carbocycles. The van der Waals surface area contributed by atoms with Gasteiger partial charge >= 0.3 is 0 Å². The van der Waals surface area contributed by atoms with Crippen LogP contribution in [0.25, 0.3) is 22.3 Å². The summed E-state index contributed by atoms with van der Waals surface area (Å²) in [7, 11) is 0. The number of hydrogen-bond donors (Lipinski definition) is 0. The Morgan fingerprint density at radius 3 is 0.506 bits per heavy atom. The van der Waals surface area contributed by atoms with Crippen LogP contribution in [-0.4, -0.2) is 0 Å². The molecule has 1 spiro atoms. The van der Waals surface area contributed by atoms with E-state index in [0.717, 1.165) is 34.1 Å². The molecular formula is C87H86N2. The standard InChI is InChI=1S/C55H46N2.4C8H10/c1-35-7-17-41(18-8-35)56(42-19-9-36(2)10-20-42)45-25-29-49-47-27-15-39(5)31-51(47)55(53(49)33-45)52-32-40(6)16-28-48(52)50-30-26-46(34-54(50)55)57(43-21-11-37(3)12-22-43)44-23-13-38(4)14-24-44;4*1-7-3-5-8(2)6-4-7/h7-34H,1-6H3;4*3-6H,1-2H3. The Kier molecular flexibility index (Phi) is 19.3. The van der Waals surface area contributed by atoms with Gasteiger partial charge in [-0.2, -0.15) is 0 Å². The predicted molar refractivity (Wildman–Crippen MR) is 384 cm³/mol. The molecule has 0 fully saturated rings. The third-order valence-corrected chi connectivity index (χ3v) is 17.1. The highest BCUT2D eigenvalue weighted by Crippen LogP contribution is 2.64. The molecule has 0 unspecified atom stereocenters. The molecule has 2 heteroatoms. The van der Waals surface area contributed by atoms with Crippen LogP contribution < -0.4 is 9.80 Å². The Balaban J connectivity index is 0.000000219. The van der Waals surface area contributed by atoms with E-state index in [4.69, 9.17) is 0 Å². The molecule has 444 valence electrons. The van der Waals surface area contributed by atoms with E-state index < -0.39 is 5.41 Å².